The lowest BCUT2D eigenvalue weighted by atomic mass is 10.1. The number of piperidine rings is 1. The van der Waals surface area contributed by atoms with Crippen LogP contribution in [0.1, 0.15) is 30.7 Å². The van der Waals surface area contributed by atoms with Crippen LogP contribution in [0.3, 0.4) is 0 Å². The average molecular weight is 452 g/mol. The second-order valence-corrected chi connectivity index (χ2v) is 9.56. The Morgan fingerprint density at radius 3 is 2.31 bits per heavy atom. The average Bonchev–Trinajstić information content (AvgIpc) is 3.53. The Morgan fingerprint density at radius 1 is 0.906 bits per heavy atom. The molecule has 0 spiro atoms. The van der Waals surface area contributed by atoms with Crippen LogP contribution < -0.4 is 0 Å². The first-order valence-corrected chi connectivity index (χ1v) is 11.8. The van der Waals surface area contributed by atoms with Crippen LogP contribution in [0.25, 0.3) is 22.8 Å². The quantitative estimate of drug-likeness (QED) is 0.437. The van der Waals surface area contributed by atoms with Crippen molar-refractivity contribution in [2.75, 3.05) is 13.1 Å². The van der Waals surface area contributed by atoms with Gasteiger partial charge in [-0.1, -0.05) is 35.8 Å². The molecular weight excluding hydrogens is 430 g/mol. The van der Waals surface area contributed by atoms with E-state index in [0.29, 0.717) is 42.0 Å². The van der Waals surface area contributed by atoms with Gasteiger partial charge in [0.15, 0.2) is 0 Å². The number of rotatable bonds is 6. The van der Waals surface area contributed by atoms with E-state index < -0.39 is 10.0 Å². The van der Waals surface area contributed by atoms with Gasteiger partial charge in [-0.25, -0.2) is 8.42 Å². The molecule has 164 valence electrons. The highest BCUT2D eigenvalue weighted by Crippen LogP contribution is 2.24. The van der Waals surface area contributed by atoms with Crippen LogP contribution in [-0.4, -0.2) is 46.2 Å². The number of nitrogens with zero attached hydrogens (tertiary/aromatic N) is 5. The van der Waals surface area contributed by atoms with E-state index in [1.807, 2.05) is 24.3 Å². The lowest BCUT2D eigenvalue weighted by molar-refractivity contribution is 0.346. The zero-order valence-electron chi connectivity index (χ0n) is 17.2. The number of hydrogen-bond donors (Lipinski definition) is 0. The van der Waals surface area contributed by atoms with Gasteiger partial charge in [-0.3, -0.25) is 0 Å². The van der Waals surface area contributed by atoms with E-state index in [1.54, 1.807) is 28.6 Å². The van der Waals surface area contributed by atoms with Crippen molar-refractivity contribution in [1.82, 2.24) is 24.6 Å². The van der Waals surface area contributed by atoms with Gasteiger partial charge < -0.3 is 8.94 Å². The van der Waals surface area contributed by atoms with E-state index >= 15 is 0 Å². The highest BCUT2D eigenvalue weighted by molar-refractivity contribution is 7.89. The van der Waals surface area contributed by atoms with Crippen LogP contribution in [0.5, 0.6) is 0 Å². The first-order valence-electron chi connectivity index (χ1n) is 10.4. The monoisotopic (exact) mass is 451 g/mol. The van der Waals surface area contributed by atoms with Crippen molar-refractivity contribution in [2.45, 2.75) is 30.6 Å². The van der Waals surface area contributed by atoms with Crippen LogP contribution in [0.2, 0.25) is 0 Å². The molecule has 0 radical (unpaired) electrons. The molecule has 0 amide bonds. The molecular formula is C22H21N5O4S. The summed E-state index contributed by atoms with van der Waals surface area (Å²) in [5.74, 6) is 1.37. The Morgan fingerprint density at radius 2 is 1.62 bits per heavy atom. The summed E-state index contributed by atoms with van der Waals surface area (Å²) in [4.78, 5) is 4.77. The Kier molecular flexibility index (Phi) is 5.54. The summed E-state index contributed by atoms with van der Waals surface area (Å²) >= 11 is 0. The minimum Gasteiger partial charge on any atom is -0.423 e. The van der Waals surface area contributed by atoms with Crippen molar-refractivity contribution in [3.05, 3.63) is 66.4 Å². The number of aromatic nitrogens is 4. The molecule has 0 N–H and O–H groups in total. The molecule has 0 unspecified atom stereocenters. The SMILES string of the molecule is O=S(=O)(c1ccc(Cc2nc(-c3ccc(-c4nnco4)cc3)no2)cc1)N1CCCCC1. The van der Waals surface area contributed by atoms with Gasteiger partial charge in [-0.2, -0.15) is 9.29 Å². The van der Waals surface area contributed by atoms with Crippen molar-refractivity contribution in [3.8, 4) is 22.8 Å². The Bertz CT molecular complexity index is 1280. The molecule has 10 heteroatoms. The lowest BCUT2D eigenvalue weighted by Gasteiger charge is -2.25. The van der Waals surface area contributed by atoms with Gasteiger partial charge in [0.25, 0.3) is 0 Å². The molecule has 9 nitrogen and oxygen atoms in total. The summed E-state index contributed by atoms with van der Waals surface area (Å²) in [6.45, 7) is 1.18. The van der Waals surface area contributed by atoms with Gasteiger partial charge in [-0.15, -0.1) is 10.2 Å². The maximum atomic E-state index is 12.8. The molecule has 0 atom stereocenters. The van der Waals surface area contributed by atoms with E-state index in [9.17, 15) is 8.42 Å². The van der Waals surface area contributed by atoms with E-state index in [1.165, 1.54) is 6.39 Å². The lowest BCUT2D eigenvalue weighted by Crippen LogP contribution is -2.35. The summed E-state index contributed by atoms with van der Waals surface area (Å²) in [6, 6.07) is 14.3. The van der Waals surface area contributed by atoms with Crippen molar-refractivity contribution >= 4 is 10.0 Å². The summed E-state index contributed by atoms with van der Waals surface area (Å²) in [6.07, 6.45) is 4.61. The molecule has 32 heavy (non-hydrogen) atoms. The maximum absolute atomic E-state index is 12.8. The molecule has 1 aliphatic rings. The van der Waals surface area contributed by atoms with Crippen molar-refractivity contribution in [2.24, 2.45) is 0 Å². The molecule has 1 fully saturated rings. The molecule has 0 bridgehead atoms. The topological polar surface area (TPSA) is 115 Å². The van der Waals surface area contributed by atoms with Crippen LogP contribution in [0.4, 0.5) is 0 Å². The van der Waals surface area contributed by atoms with Gasteiger partial charge in [0, 0.05) is 24.2 Å². The fourth-order valence-electron chi connectivity index (χ4n) is 3.71. The van der Waals surface area contributed by atoms with E-state index in [-0.39, 0.29) is 0 Å². The summed E-state index contributed by atoms with van der Waals surface area (Å²) in [5, 5.41) is 11.6. The van der Waals surface area contributed by atoms with Gasteiger partial charge in [0.2, 0.25) is 34.0 Å². The fraction of sp³-hybridized carbons (Fsp3) is 0.273. The Balaban J connectivity index is 1.27. The van der Waals surface area contributed by atoms with E-state index in [2.05, 4.69) is 20.3 Å². The zero-order chi connectivity index (χ0) is 22.0. The largest absolute Gasteiger partial charge is 0.423 e. The second-order valence-electron chi connectivity index (χ2n) is 7.62. The third-order valence-electron chi connectivity index (χ3n) is 5.45. The maximum Gasteiger partial charge on any atom is 0.247 e. The smallest absolute Gasteiger partial charge is 0.247 e. The molecule has 2 aromatic carbocycles. The van der Waals surface area contributed by atoms with Crippen molar-refractivity contribution < 1.29 is 17.4 Å². The second kappa shape index (κ2) is 8.64. The predicted molar refractivity (Wildman–Crippen MR) is 115 cm³/mol. The first kappa shape index (κ1) is 20.5. The fourth-order valence-corrected chi connectivity index (χ4v) is 5.23. The van der Waals surface area contributed by atoms with Gasteiger partial charge >= 0.3 is 0 Å². The van der Waals surface area contributed by atoms with Gasteiger partial charge in [0.05, 0.1) is 11.3 Å². The summed E-state index contributed by atoms with van der Waals surface area (Å²) < 4.78 is 37.7. The number of hydrogen-bond acceptors (Lipinski definition) is 8. The zero-order valence-corrected chi connectivity index (χ0v) is 18.0. The Hall–Kier alpha value is -3.37. The molecule has 3 heterocycles. The predicted octanol–water partition coefficient (Wildman–Crippen LogP) is 3.55. The standard InChI is InChI=1S/C22H21N5O4S/c28-32(29,27-12-2-1-3-13-27)19-10-4-16(5-11-19)14-20-24-21(26-31-20)17-6-8-18(9-7-17)22-25-23-15-30-22/h4-11,15H,1-3,12-14H2. The van der Waals surface area contributed by atoms with E-state index in [0.717, 1.165) is 36.0 Å². The van der Waals surface area contributed by atoms with Crippen LogP contribution in [-0.2, 0) is 16.4 Å². The number of benzene rings is 2. The minimum atomic E-state index is -3.44. The number of sulfonamides is 1. The molecule has 2 aromatic heterocycles. The van der Waals surface area contributed by atoms with Crippen molar-refractivity contribution in [1.29, 1.82) is 0 Å². The molecule has 1 saturated heterocycles. The first-order chi connectivity index (χ1) is 15.6. The third-order valence-corrected chi connectivity index (χ3v) is 7.36. The van der Waals surface area contributed by atoms with Crippen LogP contribution in [0.15, 0.2) is 68.8 Å². The normalized spacial score (nSPS) is 15.1. The van der Waals surface area contributed by atoms with Crippen LogP contribution >= 0.6 is 0 Å². The highest BCUT2D eigenvalue weighted by Gasteiger charge is 2.25. The molecule has 0 aliphatic carbocycles. The van der Waals surface area contributed by atoms with Gasteiger partial charge in [0.1, 0.15) is 0 Å². The molecule has 4 aromatic rings. The Labute approximate surface area is 185 Å². The minimum absolute atomic E-state index is 0.315. The van der Waals surface area contributed by atoms with Crippen molar-refractivity contribution in [3.63, 3.8) is 0 Å². The molecule has 0 saturated carbocycles. The summed E-state index contributed by atoms with van der Waals surface area (Å²) in [7, 11) is -3.44. The van der Waals surface area contributed by atoms with Crippen LogP contribution in [0, 0.1) is 0 Å². The van der Waals surface area contributed by atoms with E-state index in [4.69, 9.17) is 8.94 Å². The van der Waals surface area contributed by atoms with Gasteiger partial charge in [-0.05, 0) is 42.7 Å². The highest BCUT2D eigenvalue weighted by atomic mass is 32.2. The third kappa shape index (κ3) is 4.19. The molecule has 1 aliphatic heterocycles. The molecule has 5 rings (SSSR count). The summed E-state index contributed by atoms with van der Waals surface area (Å²) in [5.41, 5.74) is 2.49.